The number of hydrogen-bond donors (Lipinski definition) is 0. The van der Waals surface area contributed by atoms with Crippen LogP contribution in [0.15, 0.2) is 35.2 Å². The van der Waals surface area contributed by atoms with Gasteiger partial charge in [0.2, 0.25) is 10.0 Å². The smallest absolute Gasteiger partial charge is 0.330 e. The summed E-state index contributed by atoms with van der Waals surface area (Å²) in [4.78, 5) is 11.2. The zero-order valence-electron chi connectivity index (χ0n) is 11.7. The van der Waals surface area contributed by atoms with Crippen molar-refractivity contribution >= 4 is 22.1 Å². The first-order valence-electron chi connectivity index (χ1n) is 6.48. The van der Waals surface area contributed by atoms with Gasteiger partial charge in [0, 0.05) is 19.2 Å². The minimum Gasteiger partial charge on any atom is -0.466 e. The van der Waals surface area contributed by atoms with Gasteiger partial charge in [0.05, 0.1) is 25.2 Å². The highest BCUT2D eigenvalue weighted by Crippen LogP contribution is 2.18. The van der Waals surface area contributed by atoms with Crippen LogP contribution in [0.1, 0.15) is 5.56 Å². The van der Waals surface area contributed by atoms with Crippen molar-refractivity contribution in [2.45, 2.75) is 4.90 Å². The second-order valence-electron chi connectivity index (χ2n) is 4.44. The number of sulfonamides is 1. The summed E-state index contributed by atoms with van der Waals surface area (Å²) in [5.41, 5.74) is 0.723. The van der Waals surface area contributed by atoms with E-state index in [2.05, 4.69) is 4.74 Å². The van der Waals surface area contributed by atoms with Crippen molar-refractivity contribution in [2.75, 3.05) is 33.4 Å². The average molecular weight is 311 g/mol. The number of carbonyl (C=O) groups is 1. The summed E-state index contributed by atoms with van der Waals surface area (Å²) in [6.07, 6.45) is 2.85. The predicted octanol–water partition coefficient (Wildman–Crippen LogP) is 0.894. The second-order valence-corrected chi connectivity index (χ2v) is 6.38. The third-order valence-electron chi connectivity index (χ3n) is 3.10. The summed E-state index contributed by atoms with van der Waals surface area (Å²) in [7, 11) is -2.18. The molecule has 2 rings (SSSR count). The lowest BCUT2D eigenvalue weighted by Crippen LogP contribution is -2.40. The molecule has 1 fully saturated rings. The van der Waals surface area contributed by atoms with Gasteiger partial charge in [-0.2, -0.15) is 4.31 Å². The van der Waals surface area contributed by atoms with Crippen LogP contribution in [0.4, 0.5) is 0 Å². The Bertz CT molecular complexity index is 615. The molecule has 0 spiro atoms. The third-order valence-corrected chi connectivity index (χ3v) is 5.01. The fourth-order valence-electron chi connectivity index (χ4n) is 1.92. The van der Waals surface area contributed by atoms with Gasteiger partial charge in [-0.25, -0.2) is 13.2 Å². The monoisotopic (exact) mass is 311 g/mol. The topological polar surface area (TPSA) is 72.9 Å². The van der Waals surface area contributed by atoms with Crippen LogP contribution in [0.3, 0.4) is 0 Å². The van der Waals surface area contributed by atoms with E-state index in [-0.39, 0.29) is 4.90 Å². The fraction of sp³-hybridized carbons (Fsp3) is 0.357. The van der Waals surface area contributed by atoms with Crippen molar-refractivity contribution in [3.05, 3.63) is 35.9 Å². The largest absolute Gasteiger partial charge is 0.466 e. The van der Waals surface area contributed by atoms with Crippen LogP contribution >= 0.6 is 0 Å². The Morgan fingerprint density at radius 2 is 1.86 bits per heavy atom. The van der Waals surface area contributed by atoms with Crippen LogP contribution in [0, 0.1) is 0 Å². The van der Waals surface area contributed by atoms with Crippen molar-refractivity contribution < 1.29 is 22.7 Å². The minimum atomic E-state index is -3.48. The molecule has 0 aliphatic carbocycles. The normalized spacial score (nSPS) is 17.0. The molecule has 0 amide bonds. The van der Waals surface area contributed by atoms with E-state index in [1.807, 2.05) is 0 Å². The van der Waals surface area contributed by atoms with E-state index in [4.69, 9.17) is 4.74 Å². The first-order valence-corrected chi connectivity index (χ1v) is 7.92. The average Bonchev–Trinajstić information content (AvgIpc) is 2.53. The molecular weight excluding hydrogens is 294 g/mol. The van der Waals surface area contributed by atoms with E-state index in [1.54, 1.807) is 18.2 Å². The number of carbonyl (C=O) groups excluding carboxylic acids is 1. The van der Waals surface area contributed by atoms with Crippen molar-refractivity contribution in [2.24, 2.45) is 0 Å². The zero-order chi connectivity index (χ0) is 15.3. The molecule has 114 valence electrons. The Morgan fingerprint density at radius 1 is 1.24 bits per heavy atom. The lowest BCUT2D eigenvalue weighted by Gasteiger charge is -2.26. The highest BCUT2D eigenvalue weighted by atomic mass is 32.2. The molecule has 0 bridgehead atoms. The molecular formula is C14H17NO5S. The van der Waals surface area contributed by atoms with E-state index < -0.39 is 16.0 Å². The summed E-state index contributed by atoms with van der Waals surface area (Å²) in [6, 6.07) is 6.35. The predicted molar refractivity (Wildman–Crippen MR) is 77.1 cm³/mol. The van der Waals surface area contributed by atoms with Crippen LogP contribution in [0.2, 0.25) is 0 Å². The molecule has 0 radical (unpaired) electrons. The maximum absolute atomic E-state index is 12.4. The summed E-state index contributed by atoms with van der Waals surface area (Å²) < 4.78 is 35.8. The van der Waals surface area contributed by atoms with Crippen molar-refractivity contribution in [1.29, 1.82) is 0 Å². The number of nitrogens with zero attached hydrogens (tertiary/aromatic N) is 1. The lowest BCUT2D eigenvalue weighted by atomic mass is 10.2. The number of hydrogen-bond acceptors (Lipinski definition) is 5. The van der Waals surface area contributed by atoms with E-state index in [0.717, 1.165) is 5.56 Å². The van der Waals surface area contributed by atoms with Crippen LogP contribution in [-0.4, -0.2) is 52.1 Å². The van der Waals surface area contributed by atoms with Gasteiger partial charge in [0.1, 0.15) is 0 Å². The van der Waals surface area contributed by atoms with E-state index >= 15 is 0 Å². The molecule has 1 heterocycles. The van der Waals surface area contributed by atoms with E-state index in [0.29, 0.717) is 26.3 Å². The molecule has 6 nitrogen and oxygen atoms in total. The highest BCUT2D eigenvalue weighted by Gasteiger charge is 2.25. The molecule has 7 heteroatoms. The summed E-state index contributed by atoms with van der Waals surface area (Å²) in [5.74, 6) is -0.458. The molecule has 0 atom stereocenters. The number of morpholine rings is 1. The standard InChI is InChI=1S/C14H17NO5S/c1-19-14(16)7-4-12-2-5-13(6-3-12)21(17,18)15-8-10-20-11-9-15/h2-7H,8-11H2,1H3/b7-4+. The van der Waals surface area contributed by atoms with Gasteiger partial charge in [0.25, 0.3) is 0 Å². The van der Waals surface area contributed by atoms with Crippen molar-refractivity contribution in [3.8, 4) is 0 Å². The molecule has 1 aliphatic rings. The molecule has 1 aromatic carbocycles. The van der Waals surface area contributed by atoms with E-state index in [9.17, 15) is 13.2 Å². The Labute approximate surface area is 124 Å². The van der Waals surface area contributed by atoms with Gasteiger partial charge >= 0.3 is 5.97 Å². The molecule has 0 aromatic heterocycles. The van der Waals surface area contributed by atoms with Gasteiger partial charge in [-0.1, -0.05) is 12.1 Å². The number of benzene rings is 1. The number of esters is 1. The van der Waals surface area contributed by atoms with Gasteiger partial charge in [0.15, 0.2) is 0 Å². The molecule has 1 aromatic rings. The molecule has 1 aliphatic heterocycles. The Kier molecular flexibility index (Phi) is 5.11. The summed E-state index contributed by atoms with van der Waals surface area (Å²) >= 11 is 0. The van der Waals surface area contributed by atoms with Crippen LogP contribution in [0.5, 0.6) is 0 Å². The number of methoxy groups -OCH3 is 1. The zero-order valence-corrected chi connectivity index (χ0v) is 12.5. The lowest BCUT2D eigenvalue weighted by molar-refractivity contribution is -0.134. The quantitative estimate of drug-likeness (QED) is 0.610. The van der Waals surface area contributed by atoms with Gasteiger partial charge in [-0.05, 0) is 23.8 Å². The Balaban J connectivity index is 2.14. The molecule has 0 unspecified atom stereocenters. The van der Waals surface area contributed by atoms with Crippen molar-refractivity contribution in [1.82, 2.24) is 4.31 Å². The maximum atomic E-state index is 12.4. The van der Waals surface area contributed by atoms with Crippen molar-refractivity contribution in [3.63, 3.8) is 0 Å². The highest BCUT2D eigenvalue weighted by molar-refractivity contribution is 7.89. The van der Waals surface area contributed by atoms with Crippen LogP contribution < -0.4 is 0 Å². The fourth-order valence-corrected chi connectivity index (χ4v) is 3.33. The molecule has 21 heavy (non-hydrogen) atoms. The van der Waals surface area contributed by atoms with E-state index in [1.165, 1.54) is 29.6 Å². The summed E-state index contributed by atoms with van der Waals surface area (Å²) in [5, 5.41) is 0. The van der Waals surface area contributed by atoms with Gasteiger partial charge < -0.3 is 9.47 Å². The van der Waals surface area contributed by atoms with Crippen LogP contribution in [0.25, 0.3) is 6.08 Å². The first kappa shape index (κ1) is 15.7. The number of ether oxygens (including phenoxy) is 2. The van der Waals surface area contributed by atoms with Crippen LogP contribution in [-0.2, 0) is 24.3 Å². The molecule has 0 saturated carbocycles. The maximum Gasteiger partial charge on any atom is 0.330 e. The minimum absolute atomic E-state index is 0.236. The third kappa shape index (κ3) is 3.90. The summed E-state index contributed by atoms with van der Waals surface area (Å²) in [6.45, 7) is 1.57. The SMILES string of the molecule is COC(=O)/C=C/c1ccc(S(=O)(=O)N2CCOCC2)cc1. The molecule has 0 N–H and O–H groups in total. The second kappa shape index (κ2) is 6.84. The number of rotatable bonds is 4. The first-order chi connectivity index (χ1) is 10.0. The van der Waals surface area contributed by atoms with Gasteiger partial charge in [-0.15, -0.1) is 0 Å². The van der Waals surface area contributed by atoms with Gasteiger partial charge in [-0.3, -0.25) is 0 Å². The Morgan fingerprint density at radius 3 is 2.43 bits per heavy atom. The Hall–Kier alpha value is -1.70. The molecule has 1 saturated heterocycles.